The van der Waals surface area contributed by atoms with Crippen molar-refractivity contribution in [2.75, 3.05) is 13.2 Å². The quantitative estimate of drug-likeness (QED) is 0.280. The average Bonchev–Trinajstić information content (AvgIpc) is 3.12. The predicted molar refractivity (Wildman–Crippen MR) is 144 cm³/mol. The molecule has 0 saturated carbocycles. The fourth-order valence-electron chi connectivity index (χ4n) is 3.84. The molecule has 0 N–H and O–H groups in total. The number of esters is 1. The molecule has 6 nitrogen and oxygen atoms in total. The molecule has 0 amide bonds. The van der Waals surface area contributed by atoms with Crippen LogP contribution < -0.4 is 19.6 Å². The topological polar surface area (TPSA) is 69.9 Å². The smallest absolute Gasteiger partial charge is 0.338 e. The van der Waals surface area contributed by atoms with Gasteiger partial charge in [-0.15, -0.1) is 0 Å². The minimum atomic E-state index is -0.623. The maximum absolute atomic E-state index is 13.7. The maximum Gasteiger partial charge on any atom is 0.338 e. The van der Waals surface area contributed by atoms with Gasteiger partial charge in [0.2, 0.25) is 0 Å². The van der Waals surface area contributed by atoms with Crippen LogP contribution in [0.25, 0.3) is 6.08 Å². The molecule has 1 aliphatic rings. The number of carbonyl (C=O) groups excluding carboxylic acids is 1. The number of halogens is 2. The van der Waals surface area contributed by atoms with Crippen LogP contribution in [0, 0.1) is 0 Å². The van der Waals surface area contributed by atoms with Crippen molar-refractivity contribution in [1.29, 1.82) is 0 Å². The van der Waals surface area contributed by atoms with Gasteiger partial charge in [0.1, 0.15) is 12.4 Å². The van der Waals surface area contributed by atoms with E-state index in [4.69, 9.17) is 9.47 Å². The Morgan fingerprint density at radius 2 is 1.91 bits per heavy atom. The van der Waals surface area contributed by atoms with Crippen molar-refractivity contribution in [2.45, 2.75) is 19.9 Å². The van der Waals surface area contributed by atoms with E-state index in [9.17, 15) is 9.59 Å². The van der Waals surface area contributed by atoms with Gasteiger partial charge in [0.15, 0.2) is 4.80 Å². The molecule has 0 saturated heterocycles. The number of rotatable bonds is 7. The number of aromatic nitrogens is 1. The molecule has 35 heavy (non-hydrogen) atoms. The monoisotopic (exact) mass is 616 g/mol. The van der Waals surface area contributed by atoms with E-state index >= 15 is 0 Å². The third kappa shape index (κ3) is 5.12. The number of fused-ring (bicyclic) bond motifs is 1. The first-order valence-corrected chi connectivity index (χ1v) is 13.2. The van der Waals surface area contributed by atoms with Gasteiger partial charge < -0.3 is 9.47 Å². The van der Waals surface area contributed by atoms with Crippen molar-refractivity contribution in [2.24, 2.45) is 4.99 Å². The molecule has 1 unspecified atom stereocenters. The Morgan fingerprint density at radius 1 is 1.23 bits per heavy atom. The summed E-state index contributed by atoms with van der Waals surface area (Å²) >= 11 is 8.36. The Balaban J connectivity index is 1.88. The van der Waals surface area contributed by atoms with Gasteiger partial charge in [-0.25, -0.2) is 9.79 Å². The highest BCUT2D eigenvalue weighted by molar-refractivity contribution is 9.11. The van der Waals surface area contributed by atoms with E-state index in [1.807, 2.05) is 48.5 Å². The molecule has 0 aliphatic carbocycles. The van der Waals surface area contributed by atoms with Crippen LogP contribution in [-0.2, 0) is 9.53 Å². The summed E-state index contributed by atoms with van der Waals surface area (Å²) in [5, 5.41) is 0. The molecule has 9 heteroatoms. The number of ether oxygens (including phenoxy) is 2. The van der Waals surface area contributed by atoms with E-state index in [0.29, 0.717) is 33.0 Å². The fourth-order valence-corrected chi connectivity index (χ4v) is 6.33. The van der Waals surface area contributed by atoms with E-state index in [2.05, 4.69) is 43.4 Å². The van der Waals surface area contributed by atoms with Gasteiger partial charge in [-0.05, 0) is 75.0 Å². The lowest BCUT2D eigenvalue weighted by molar-refractivity contribution is -0.139. The van der Waals surface area contributed by atoms with E-state index < -0.39 is 12.0 Å². The number of thiazole rings is 1. The van der Waals surface area contributed by atoms with E-state index in [0.717, 1.165) is 20.1 Å². The predicted octanol–water partition coefficient (Wildman–Crippen LogP) is 4.89. The van der Waals surface area contributed by atoms with Gasteiger partial charge in [0.05, 0.1) is 37.4 Å². The highest BCUT2D eigenvalue weighted by Crippen LogP contribution is 2.35. The van der Waals surface area contributed by atoms with Gasteiger partial charge in [0.25, 0.3) is 5.56 Å². The number of hydrogen-bond acceptors (Lipinski definition) is 6. The van der Waals surface area contributed by atoms with Crippen LogP contribution in [0.3, 0.4) is 0 Å². The van der Waals surface area contributed by atoms with Crippen LogP contribution in [0.1, 0.15) is 31.0 Å². The molecule has 1 aliphatic heterocycles. The Morgan fingerprint density at radius 3 is 2.54 bits per heavy atom. The number of allylic oxidation sites excluding steroid dienone is 1. The first-order valence-electron chi connectivity index (χ1n) is 10.8. The van der Waals surface area contributed by atoms with Crippen LogP contribution in [0.15, 0.2) is 85.1 Å². The Hall–Kier alpha value is -2.75. The summed E-state index contributed by atoms with van der Waals surface area (Å²) in [6, 6.07) is 12.6. The molecule has 0 fully saturated rings. The maximum atomic E-state index is 13.7. The average molecular weight is 618 g/mol. The molecule has 0 spiro atoms. The van der Waals surface area contributed by atoms with Crippen molar-refractivity contribution in [3.8, 4) is 5.75 Å². The lowest BCUT2D eigenvalue weighted by atomic mass is 9.96. The number of carbonyl (C=O) groups is 1. The summed E-state index contributed by atoms with van der Waals surface area (Å²) < 4.78 is 14.6. The Bertz CT molecular complexity index is 1480. The summed E-state index contributed by atoms with van der Waals surface area (Å²) in [5.41, 5.74) is 2.30. The second-order valence-corrected chi connectivity index (χ2v) is 10.3. The second-order valence-electron chi connectivity index (χ2n) is 7.63. The van der Waals surface area contributed by atoms with Crippen LogP contribution in [0.4, 0.5) is 0 Å². The second kappa shape index (κ2) is 10.9. The van der Waals surface area contributed by atoms with Gasteiger partial charge in [-0.1, -0.05) is 54.3 Å². The van der Waals surface area contributed by atoms with Gasteiger partial charge >= 0.3 is 5.97 Å². The van der Waals surface area contributed by atoms with E-state index in [-0.39, 0.29) is 12.2 Å². The van der Waals surface area contributed by atoms with Crippen LogP contribution in [0.5, 0.6) is 5.75 Å². The Labute approximate surface area is 223 Å². The van der Waals surface area contributed by atoms with Crippen molar-refractivity contribution in [1.82, 2.24) is 4.57 Å². The minimum absolute atomic E-state index is 0.226. The molecule has 4 rings (SSSR count). The standard InChI is InChI=1S/C26H22Br2N2O4S/c1-4-11-34-23-18(27)12-16(13-19(23)28)14-20-24(31)30-22(17-9-7-6-8-10-17)21(25(32)33-5-2)15(3)29-26(30)35-20/h4,6-10,12-14,22H,1,5,11H2,2-3H3. The molecule has 2 heterocycles. The molecule has 0 bridgehead atoms. The summed E-state index contributed by atoms with van der Waals surface area (Å²) in [4.78, 5) is 31.7. The SMILES string of the molecule is C=CCOc1c(Br)cc(C=c2sc3n(c2=O)C(c2ccccc2)C(C(=O)OCC)=C(C)N=3)cc1Br. The van der Waals surface area contributed by atoms with Crippen molar-refractivity contribution in [3.05, 3.63) is 106 Å². The summed E-state index contributed by atoms with van der Waals surface area (Å²) in [6.07, 6.45) is 3.48. The normalized spacial score (nSPS) is 15.4. The molecular weight excluding hydrogens is 596 g/mol. The first kappa shape index (κ1) is 25.3. The summed E-state index contributed by atoms with van der Waals surface area (Å²) in [6.45, 7) is 7.80. The largest absolute Gasteiger partial charge is 0.487 e. The number of nitrogens with zero attached hydrogens (tertiary/aromatic N) is 2. The summed E-state index contributed by atoms with van der Waals surface area (Å²) in [5.74, 6) is 0.183. The molecule has 2 aromatic carbocycles. The molecular formula is C26H22Br2N2O4S. The molecule has 180 valence electrons. The van der Waals surface area contributed by atoms with Crippen LogP contribution in [-0.4, -0.2) is 23.8 Å². The van der Waals surface area contributed by atoms with Gasteiger partial charge in [0, 0.05) is 0 Å². The summed E-state index contributed by atoms with van der Waals surface area (Å²) in [7, 11) is 0. The zero-order chi connectivity index (χ0) is 25.1. The molecule has 1 aromatic heterocycles. The third-order valence-electron chi connectivity index (χ3n) is 5.30. The number of hydrogen-bond donors (Lipinski definition) is 0. The fraction of sp³-hybridized carbons (Fsp3) is 0.192. The van der Waals surface area contributed by atoms with Gasteiger partial charge in [-0.2, -0.15) is 0 Å². The van der Waals surface area contributed by atoms with E-state index in [1.54, 1.807) is 24.5 Å². The van der Waals surface area contributed by atoms with Crippen molar-refractivity contribution >= 4 is 55.2 Å². The first-order chi connectivity index (χ1) is 16.8. The highest BCUT2D eigenvalue weighted by atomic mass is 79.9. The Kier molecular flexibility index (Phi) is 7.88. The lowest BCUT2D eigenvalue weighted by Gasteiger charge is -2.24. The number of benzene rings is 2. The van der Waals surface area contributed by atoms with Crippen molar-refractivity contribution in [3.63, 3.8) is 0 Å². The zero-order valence-electron chi connectivity index (χ0n) is 19.1. The lowest BCUT2D eigenvalue weighted by Crippen LogP contribution is -2.39. The molecule has 1 atom stereocenters. The third-order valence-corrected chi connectivity index (χ3v) is 7.46. The highest BCUT2D eigenvalue weighted by Gasteiger charge is 2.33. The van der Waals surface area contributed by atoms with Crippen LogP contribution >= 0.6 is 43.2 Å². The minimum Gasteiger partial charge on any atom is -0.487 e. The van der Waals surface area contributed by atoms with Crippen LogP contribution in [0.2, 0.25) is 0 Å². The van der Waals surface area contributed by atoms with Crippen molar-refractivity contribution < 1.29 is 14.3 Å². The van der Waals surface area contributed by atoms with E-state index in [1.165, 1.54) is 11.3 Å². The van der Waals surface area contributed by atoms with Gasteiger partial charge in [-0.3, -0.25) is 9.36 Å². The zero-order valence-corrected chi connectivity index (χ0v) is 23.1. The molecule has 0 radical (unpaired) electrons. The molecule has 3 aromatic rings.